The number of hydrogen-bond donors (Lipinski definition) is 2. The number of urea groups is 1. The number of alkyl halides is 3. The number of amides is 2. The third kappa shape index (κ3) is 5.40. The molecule has 0 saturated carbocycles. The lowest BCUT2D eigenvalue weighted by atomic mass is 10.0. The van der Waals surface area contributed by atoms with Gasteiger partial charge in [0.05, 0.1) is 5.56 Å². The highest BCUT2D eigenvalue weighted by molar-refractivity contribution is 5.89. The molecule has 0 aliphatic heterocycles. The Labute approximate surface area is 150 Å². The summed E-state index contributed by atoms with van der Waals surface area (Å²) in [5, 5.41) is 5.07. The maximum Gasteiger partial charge on any atom is 0.416 e. The number of halogens is 3. The molecule has 0 aliphatic rings. The third-order valence-electron chi connectivity index (χ3n) is 3.65. The van der Waals surface area contributed by atoms with E-state index in [1.54, 1.807) is 6.92 Å². The third-order valence-corrected chi connectivity index (χ3v) is 3.65. The van der Waals surface area contributed by atoms with Crippen molar-refractivity contribution < 1.29 is 22.7 Å². The lowest BCUT2D eigenvalue weighted by molar-refractivity contribution is -0.137. The van der Waals surface area contributed by atoms with E-state index in [2.05, 4.69) is 10.6 Å². The van der Waals surface area contributed by atoms with Crippen LogP contribution in [0.3, 0.4) is 0 Å². The number of carbonyl (C=O) groups excluding carboxylic acids is 1. The van der Waals surface area contributed by atoms with Crippen molar-refractivity contribution >= 4 is 11.7 Å². The normalized spacial score (nSPS) is 12.6. The molecule has 0 bridgehead atoms. The maximum atomic E-state index is 12.5. The summed E-state index contributed by atoms with van der Waals surface area (Å²) in [7, 11) is 0. The predicted octanol–water partition coefficient (Wildman–Crippen LogP) is 5.38. The Morgan fingerprint density at radius 2 is 1.62 bits per heavy atom. The summed E-state index contributed by atoms with van der Waals surface area (Å²) in [6.45, 7) is 5.75. The molecule has 2 N–H and O–H groups in total. The number of nitrogens with one attached hydrogen (secondary N) is 2. The Hall–Kier alpha value is -2.70. The van der Waals surface area contributed by atoms with Gasteiger partial charge in [-0.05, 0) is 48.7 Å². The van der Waals surface area contributed by atoms with Crippen LogP contribution in [0.15, 0.2) is 48.5 Å². The number of rotatable bonds is 5. The van der Waals surface area contributed by atoms with E-state index in [0.717, 1.165) is 17.7 Å². The summed E-state index contributed by atoms with van der Waals surface area (Å²) in [4.78, 5) is 12.0. The summed E-state index contributed by atoms with van der Waals surface area (Å²) in [5.74, 6) is 0.934. The molecular formula is C19H21F3N2O2. The van der Waals surface area contributed by atoms with Crippen LogP contribution >= 0.6 is 0 Å². The van der Waals surface area contributed by atoms with Crippen molar-refractivity contribution in [1.29, 1.82) is 0 Å². The van der Waals surface area contributed by atoms with Crippen LogP contribution in [-0.2, 0) is 6.18 Å². The van der Waals surface area contributed by atoms with E-state index in [-0.39, 0.29) is 11.6 Å². The fourth-order valence-corrected chi connectivity index (χ4v) is 2.38. The second-order valence-corrected chi connectivity index (χ2v) is 6.13. The van der Waals surface area contributed by atoms with Gasteiger partial charge in [0.2, 0.25) is 0 Å². The molecule has 2 rings (SSSR count). The summed E-state index contributed by atoms with van der Waals surface area (Å²) < 4.78 is 43.4. The van der Waals surface area contributed by atoms with Gasteiger partial charge in [-0.1, -0.05) is 32.0 Å². The van der Waals surface area contributed by atoms with E-state index < -0.39 is 24.0 Å². The molecule has 26 heavy (non-hydrogen) atoms. The second kappa shape index (κ2) is 8.12. The number of benzene rings is 2. The second-order valence-electron chi connectivity index (χ2n) is 6.13. The molecule has 0 aromatic heterocycles. The number of anilines is 1. The van der Waals surface area contributed by atoms with Crippen LogP contribution < -0.4 is 15.4 Å². The van der Waals surface area contributed by atoms with Gasteiger partial charge in [-0.25, -0.2) is 4.79 Å². The van der Waals surface area contributed by atoms with Gasteiger partial charge in [0.25, 0.3) is 0 Å². The Morgan fingerprint density at radius 3 is 2.19 bits per heavy atom. The first-order chi connectivity index (χ1) is 12.2. The lowest BCUT2D eigenvalue weighted by Crippen LogP contribution is -2.39. The van der Waals surface area contributed by atoms with Gasteiger partial charge in [-0.15, -0.1) is 0 Å². The Bertz CT molecular complexity index is 743. The molecule has 0 saturated heterocycles. The Balaban J connectivity index is 1.93. The monoisotopic (exact) mass is 366 g/mol. The molecule has 2 aromatic rings. The van der Waals surface area contributed by atoms with E-state index >= 15 is 0 Å². The van der Waals surface area contributed by atoms with Crippen LogP contribution in [-0.4, -0.2) is 12.3 Å². The number of hydrogen-bond acceptors (Lipinski definition) is 2. The molecule has 0 heterocycles. The average molecular weight is 366 g/mol. The molecule has 0 radical (unpaired) electrons. The van der Waals surface area contributed by atoms with Crippen molar-refractivity contribution in [3.8, 4) is 5.75 Å². The minimum atomic E-state index is -4.41. The largest absolute Gasteiger partial charge is 0.471 e. The van der Waals surface area contributed by atoms with Crippen LogP contribution in [0.1, 0.15) is 37.8 Å². The summed E-state index contributed by atoms with van der Waals surface area (Å²) in [5.41, 5.74) is 0.500. The van der Waals surface area contributed by atoms with Gasteiger partial charge in [0, 0.05) is 5.69 Å². The van der Waals surface area contributed by atoms with Crippen LogP contribution in [0.5, 0.6) is 5.75 Å². The van der Waals surface area contributed by atoms with E-state index in [0.29, 0.717) is 5.75 Å². The van der Waals surface area contributed by atoms with Crippen molar-refractivity contribution in [2.75, 3.05) is 5.32 Å². The summed E-state index contributed by atoms with van der Waals surface area (Å²) >= 11 is 0. The highest BCUT2D eigenvalue weighted by Crippen LogP contribution is 2.30. The van der Waals surface area contributed by atoms with Crippen molar-refractivity contribution in [2.45, 2.75) is 39.1 Å². The van der Waals surface area contributed by atoms with Gasteiger partial charge in [-0.3, -0.25) is 0 Å². The number of carbonyl (C=O) groups is 1. The lowest BCUT2D eigenvalue weighted by Gasteiger charge is -2.20. The molecule has 7 heteroatoms. The molecule has 0 aliphatic carbocycles. The molecule has 140 valence electrons. The molecule has 0 spiro atoms. The fraction of sp³-hybridized carbons (Fsp3) is 0.316. The maximum absolute atomic E-state index is 12.5. The topological polar surface area (TPSA) is 50.4 Å². The smallest absolute Gasteiger partial charge is 0.416 e. The van der Waals surface area contributed by atoms with Crippen LogP contribution in [0.2, 0.25) is 0 Å². The standard InChI is InChI=1S/C19H21F3N2O2/c1-12(2)16-6-4-5-7-17(16)26-13(3)23-18(25)24-15-10-8-14(9-11-15)19(20,21)22/h4-13H,1-3H3,(H2,23,24,25). The molecule has 1 unspecified atom stereocenters. The van der Waals surface area contributed by atoms with Crippen molar-refractivity contribution in [2.24, 2.45) is 0 Å². The SMILES string of the molecule is CC(NC(=O)Nc1ccc(C(F)(F)F)cc1)Oc1ccccc1C(C)C. The number of para-hydroxylation sites is 1. The predicted molar refractivity (Wildman–Crippen MR) is 94.2 cm³/mol. The van der Waals surface area contributed by atoms with Crippen molar-refractivity contribution in [3.05, 3.63) is 59.7 Å². The summed E-state index contributed by atoms with van der Waals surface area (Å²) in [6, 6.07) is 11.2. The van der Waals surface area contributed by atoms with E-state index in [9.17, 15) is 18.0 Å². The van der Waals surface area contributed by atoms with Crippen LogP contribution in [0, 0.1) is 0 Å². The first kappa shape index (κ1) is 19.6. The minimum Gasteiger partial charge on any atom is -0.471 e. The van der Waals surface area contributed by atoms with Gasteiger partial charge in [0.1, 0.15) is 5.75 Å². The first-order valence-corrected chi connectivity index (χ1v) is 8.17. The highest BCUT2D eigenvalue weighted by atomic mass is 19.4. The van der Waals surface area contributed by atoms with E-state index in [1.165, 1.54) is 12.1 Å². The molecule has 2 amide bonds. The highest BCUT2D eigenvalue weighted by Gasteiger charge is 2.30. The summed E-state index contributed by atoms with van der Waals surface area (Å²) in [6.07, 6.45) is -5.03. The Kier molecular flexibility index (Phi) is 6.13. The van der Waals surface area contributed by atoms with Crippen LogP contribution in [0.4, 0.5) is 23.7 Å². The molecule has 0 fully saturated rings. The zero-order chi connectivity index (χ0) is 19.3. The molecule has 1 atom stereocenters. The molecule has 2 aromatic carbocycles. The molecule has 4 nitrogen and oxygen atoms in total. The number of ether oxygens (including phenoxy) is 1. The first-order valence-electron chi connectivity index (χ1n) is 8.17. The minimum absolute atomic E-state index is 0.255. The van der Waals surface area contributed by atoms with E-state index in [4.69, 9.17) is 4.74 Å². The van der Waals surface area contributed by atoms with Gasteiger partial charge in [0.15, 0.2) is 6.23 Å². The van der Waals surface area contributed by atoms with Crippen molar-refractivity contribution in [1.82, 2.24) is 5.32 Å². The zero-order valence-corrected chi connectivity index (χ0v) is 14.7. The fourth-order valence-electron chi connectivity index (χ4n) is 2.38. The Morgan fingerprint density at radius 1 is 1.00 bits per heavy atom. The molecular weight excluding hydrogens is 345 g/mol. The van der Waals surface area contributed by atoms with Gasteiger partial charge in [-0.2, -0.15) is 13.2 Å². The quantitative estimate of drug-likeness (QED) is 0.699. The van der Waals surface area contributed by atoms with Crippen molar-refractivity contribution in [3.63, 3.8) is 0 Å². The van der Waals surface area contributed by atoms with Gasteiger partial charge >= 0.3 is 12.2 Å². The van der Waals surface area contributed by atoms with E-state index in [1.807, 2.05) is 38.1 Å². The van der Waals surface area contributed by atoms with Crippen LogP contribution in [0.25, 0.3) is 0 Å². The average Bonchev–Trinajstić information content (AvgIpc) is 2.54. The van der Waals surface area contributed by atoms with Gasteiger partial charge < -0.3 is 15.4 Å². The zero-order valence-electron chi connectivity index (χ0n) is 14.7.